The molecule has 3 rings (SSSR count). The summed E-state index contributed by atoms with van der Waals surface area (Å²) in [6, 6.07) is 0. The van der Waals surface area contributed by atoms with E-state index >= 15 is 0 Å². The van der Waals surface area contributed by atoms with E-state index in [-0.39, 0.29) is 11.3 Å². The van der Waals surface area contributed by atoms with E-state index in [0.717, 1.165) is 25.8 Å². The van der Waals surface area contributed by atoms with E-state index in [1.54, 1.807) is 0 Å². The molecule has 0 amide bonds. The van der Waals surface area contributed by atoms with Gasteiger partial charge in [-0.25, -0.2) is 4.39 Å². The van der Waals surface area contributed by atoms with Gasteiger partial charge in [0.2, 0.25) is 0 Å². The van der Waals surface area contributed by atoms with Gasteiger partial charge in [-0.3, -0.25) is 4.90 Å². The van der Waals surface area contributed by atoms with Crippen LogP contribution in [0.1, 0.15) is 39.5 Å². The Kier molecular flexibility index (Phi) is 2.48. The van der Waals surface area contributed by atoms with Gasteiger partial charge in [-0.15, -0.1) is 0 Å². The monoisotopic (exact) mass is 255 g/mol. The predicted molar refractivity (Wildman–Crippen MR) is 66.4 cm³/mol. The van der Waals surface area contributed by atoms with Gasteiger partial charge in [0.1, 0.15) is 0 Å². The Labute approximate surface area is 107 Å². The summed E-state index contributed by atoms with van der Waals surface area (Å²) in [6.45, 7) is 5.07. The summed E-state index contributed by atoms with van der Waals surface area (Å²) in [6.07, 6.45) is 4.22. The van der Waals surface area contributed by atoms with Crippen molar-refractivity contribution < 1.29 is 14.6 Å². The fourth-order valence-corrected chi connectivity index (χ4v) is 4.34. The summed E-state index contributed by atoms with van der Waals surface area (Å²) in [4.78, 5) is 2.12. The molecule has 2 saturated heterocycles. The highest BCUT2D eigenvalue weighted by Gasteiger charge is 2.75. The maximum absolute atomic E-state index is 12.9. The van der Waals surface area contributed by atoms with Crippen LogP contribution in [0, 0.1) is 11.3 Å². The third kappa shape index (κ3) is 1.24. The molecule has 3 aliphatic rings. The second kappa shape index (κ2) is 3.56. The Morgan fingerprint density at radius 2 is 2.00 bits per heavy atom. The van der Waals surface area contributed by atoms with Gasteiger partial charge in [-0.1, -0.05) is 13.8 Å². The molecule has 1 aliphatic carbocycles. The van der Waals surface area contributed by atoms with Crippen molar-refractivity contribution in [3.05, 3.63) is 11.9 Å². The number of hydrogen-bond donors (Lipinski definition) is 2. The number of aliphatic hydroxyl groups is 2. The molecule has 1 spiro atoms. The third-order valence-corrected chi connectivity index (χ3v) is 5.58. The minimum Gasteiger partial charge on any atom is -0.364 e. The van der Waals surface area contributed by atoms with Gasteiger partial charge in [0.25, 0.3) is 0 Å². The van der Waals surface area contributed by atoms with Crippen molar-refractivity contribution in [2.24, 2.45) is 11.3 Å². The Morgan fingerprint density at radius 3 is 2.50 bits per heavy atom. The molecule has 4 heteroatoms. The molecule has 3 fully saturated rings. The number of halogens is 1. The molecule has 0 unspecified atom stereocenters. The summed E-state index contributed by atoms with van der Waals surface area (Å²) in [7, 11) is 0. The SMILES string of the molecule is CC(C)C(O)(O)[C@]12C/C(=C\F)CN1CCC21CC1. The Balaban J connectivity index is 2.09. The lowest BCUT2D eigenvalue weighted by Gasteiger charge is -2.49. The molecule has 1 saturated carbocycles. The number of hydrogen-bond acceptors (Lipinski definition) is 3. The first-order valence-corrected chi connectivity index (χ1v) is 6.87. The molecule has 0 bridgehead atoms. The normalized spacial score (nSPS) is 36.9. The third-order valence-electron chi connectivity index (χ3n) is 5.58. The van der Waals surface area contributed by atoms with Crippen molar-refractivity contribution in [1.29, 1.82) is 0 Å². The molecule has 2 N–H and O–H groups in total. The van der Waals surface area contributed by atoms with E-state index in [2.05, 4.69) is 4.90 Å². The van der Waals surface area contributed by atoms with Crippen molar-refractivity contribution >= 4 is 0 Å². The summed E-state index contributed by atoms with van der Waals surface area (Å²) < 4.78 is 12.9. The first-order chi connectivity index (χ1) is 8.39. The highest BCUT2D eigenvalue weighted by Crippen LogP contribution is 2.69. The van der Waals surface area contributed by atoms with Crippen LogP contribution < -0.4 is 0 Å². The van der Waals surface area contributed by atoms with E-state index in [1.165, 1.54) is 0 Å². The van der Waals surface area contributed by atoms with Crippen molar-refractivity contribution in [3.63, 3.8) is 0 Å². The zero-order valence-corrected chi connectivity index (χ0v) is 11.1. The summed E-state index contributed by atoms with van der Waals surface area (Å²) >= 11 is 0. The zero-order valence-electron chi connectivity index (χ0n) is 11.1. The minimum atomic E-state index is -1.75. The van der Waals surface area contributed by atoms with Crippen LogP contribution in [0.3, 0.4) is 0 Å². The summed E-state index contributed by atoms with van der Waals surface area (Å²) in [5.41, 5.74) is 0.0477. The maximum Gasteiger partial charge on any atom is 0.184 e. The van der Waals surface area contributed by atoms with Crippen molar-refractivity contribution in [1.82, 2.24) is 4.90 Å². The highest BCUT2D eigenvalue weighted by molar-refractivity contribution is 5.32. The standard InChI is InChI=1S/C14H22FNO2/c1-10(2)14(17,18)13-7-11(8-15)9-16(13)6-5-12(13)3-4-12/h8,10,17-18H,3-7,9H2,1-2H3/b11-8+/t13-/m1/s1. The van der Waals surface area contributed by atoms with Gasteiger partial charge in [0, 0.05) is 12.5 Å². The molecule has 2 heterocycles. The molecule has 0 aromatic rings. The molecule has 0 radical (unpaired) electrons. The molecule has 2 aliphatic heterocycles. The second-order valence-corrected chi connectivity index (χ2v) is 6.64. The molecule has 1 atom stereocenters. The van der Waals surface area contributed by atoms with Crippen LogP contribution in [0.5, 0.6) is 0 Å². The van der Waals surface area contributed by atoms with Gasteiger partial charge in [-0.05, 0) is 43.2 Å². The zero-order chi connectivity index (χ0) is 13.2. The minimum absolute atomic E-state index is 0.00549. The molecular weight excluding hydrogens is 233 g/mol. The van der Waals surface area contributed by atoms with E-state index in [4.69, 9.17) is 0 Å². The van der Waals surface area contributed by atoms with Gasteiger partial charge >= 0.3 is 0 Å². The predicted octanol–water partition coefficient (Wildman–Crippen LogP) is 1.81. The molecular formula is C14H22FNO2. The Hall–Kier alpha value is -0.450. The average molecular weight is 255 g/mol. The van der Waals surface area contributed by atoms with Crippen LogP contribution in [0.4, 0.5) is 4.39 Å². The van der Waals surface area contributed by atoms with Gasteiger partial charge in [-0.2, -0.15) is 0 Å². The van der Waals surface area contributed by atoms with Crippen LogP contribution in [-0.2, 0) is 0 Å². The van der Waals surface area contributed by atoms with Gasteiger partial charge in [0.05, 0.1) is 11.9 Å². The van der Waals surface area contributed by atoms with Gasteiger partial charge in [0.15, 0.2) is 5.79 Å². The fourth-order valence-electron chi connectivity index (χ4n) is 4.34. The topological polar surface area (TPSA) is 43.7 Å². The van der Waals surface area contributed by atoms with Crippen LogP contribution in [0.2, 0.25) is 0 Å². The quantitative estimate of drug-likeness (QED) is 0.740. The van der Waals surface area contributed by atoms with Gasteiger partial charge < -0.3 is 10.2 Å². The molecule has 3 nitrogen and oxygen atoms in total. The van der Waals surface area contributed by atoms with E-state index < -0.39 is 11.3 Å². The lowest BCUT2D eigenvalue weighted by atomic mass is 9.69. The fraction of sp³-hybridized carbons (Fsp3) is 0.857. The first-order valence-electron chi connectivity index (χ1n) is 6.87. The summed E-state index contributed by atoms with van der Waals surface area (Å²) in [5.74, 6) is -2.00. The van der Waals surface area contributed by atoms with Crippen LogP contribution >= 0.6 is 0 Å². The number of rotatable bonds is 2. The second-order valence-electron chi connectivity index (χ2n) is 6.64. The smallest absolute Gasteiger partial charge is 0.184 e. The van der Waals surface area contributed by atoms with E-state index in [1.807, 2.05) is 13.8 Å². The highest BCUT2D eigenvalue weighted by atomic mass is 19.1. The van der Waals surface area contributed by atoms with Crippen molar-refractivity contribution in [2.45, 2.75) is 50.9 Å². The molecule has 18 heavy (non-hydrogen) atoms. The van der Waals surface area contributed by atoms with Crippen molar-refractivity contribution in [3.8, 4) is 0 Å². The Bertz CT molecular complexity index is 401. The molecule has 0 aromatic carbocycles. The average Bonchev–Trinajstić information content (AvgIpc) is 2.90. The van der Waals surface area contributed by atoms with Crippen LogP contribution in [-0.4, -0.2) is 39.5 Å². The lowest BCUT2D eigenvalue weighted by Crippen LogP contribution is -2.65. The van der Waals surface area contributed by atoms with E-state index in [0.29, 0.717) is 24.9 Å². The van der Waals surface area contributed by atoms with Crippen molar-refractivity contribution in [2.75, 3.05) is 13.1 Å². The largest absolute Gasteiger partial charge is 0.364 e. The molecule has 0 aromatic heterocycles. The number of fused-ring (bicyclic) bond motifs is 2. The number of nitrogens with zero attached hydrogens (tertiary/aromatic N) is 1. The van der Waals surface area contributed by atoms with Crippen LogP contribution in [0.15, 0.2) is 11.9 Å². The maximum atomic E-state index is 12.9. The molecule has 102 valence electrons. The Morgan fingerprint density at radius 1 is 1.33 bits per heavy atom. The van der Waals surface area contributed by atoms with Crippen LogP contribution in [0.25, 0.3) is 0 Å². The lowest BCUT2D eigenvalue weighted by molar-refractivity contribution is -0.274. The van der Waals surface area contributed by atoms with E-state index in [9.17, 15) is 14.6 Å². The first kappa shape index (κ1) is 12.6. The summed E-state index contributed by atoms with van der Waals surface area (Å²) in [5, 5.41) is 21.4.